The fraction of sp³-hybridized carbons (Fsp3) is 0.333. The first-order valence-corrected chi connectivity index (χ1v) is 11.9. The van der Waals surface area contributed by atoms with Crippen LogP contribution in [-0.4, -0.2) is 70.6 Å². The zero-order valence-corrected chi connectivity index (χ0v) is 20.2. The maximum atomic E-state index is 12.2. The van der Waals surface area contributed by atoms with Gasteiger partial charge >= 0.3 is 0 Å². The van der Waals surface area contributed by atoms with Gasteiger partial charge in [-0.25, -0.2) is 0 Å². The molecule has 1 aromatic heterocycles. The molecular weight excluding hydrogens is 442 g/mol. The number of carbonyl (C=O) groups is 1. The second-order valence-corrected chi connectivity index (χ2v) is 9.07. The van der Waals surface area contributed by atoms with Gasteiger partial charge < -0.3 is 20.5 Å². The Labute approximate surface area is 206 Å². The normalized spacial score (nSPS) is 17.7. The van der Waals surface area contributed by atoms with Crippen molar-refractivity contribution in [1.82, 2.24) is 19.6 Å². The van der Waals surface area contributed by atoms with E-state index >= 15 is 0 Å². The summed E-state index contributed by atoms with van der Waals surface area (Å²) in [6.45, 7) is 2.22. The molecule has 0 saturated carbocycles. The molecule has 3 aromatic rings. The molecule has 0 radical (unpaired) electrons. The lowest BCUT2D eigenvalue weighted by molar-refractivity contribution is 0.0116. The number of aliphatic hydroxyl groups excluding tert-OH is 1. The third-order valence-corrected chi connectivity index (χ3v) is 6.06. The van der Waals surface area contributed by atoms with Gasteiger partial charge in [-0.2, -0.15) is 5.10 Å². The van der Waals surface area contributed by atoms with Gasteiger partial charge in [0.15, 0.2) is 0 Å². The molecule has 0 spiro atoms. The summed E-state index contributed by atoms with van der Waals surface area (Å²) in [5, 5.41) is 15.4. The Morgan fingerprint density at radius 3 is 2.60 bits per heavy atom. The number of amides is 1. The van der Waals surface area contributed by atoms with Crippen LogP contribution in [0.3, 0.4) is 0 Å². The van der Waals surface area contributed by atoms with E-state index in [1.54, 1.807) is 6.20 Å². The number of piperidine rings is 1. The van der Waals surface area contributed by atoms with E-state index in [4.69, 9.17) is 15.6 Å². The maximum absolute atomic E-state index is 12.2. The number of likely N-dealkylation sites (tertiary alicyclic amines) is 1. The SMILES string of the molecule is CN(C)C/C=C/C(O)N1CCC[C@@H](n2cc(C(N)=O)c(-c3ccc(Oc4ccccc4)cc3)n2)C1. The molecule has 1 saturated heterocycles. The lowest BCUT2D eigenvalue weighted by Gasteiger charge is -2.34. The zero-order valence-electron chi connectivity index (χ0n) is 20.2. The molecular formula is C27H33N5O3. The molecule has 4 rings (SSSR count). The van der Waals surface area contributed by atoms with E-state index in [9.17, 15) is 9.90 Å². The molecule has 8 nitrogen and oxygen atoms in total. The van der Waals surface area contributed by atoms with Crippen LogP contribution in [0.15, 0.2) is 72.9 Å². The first kappa shape index (κ1) is 24.7. The van der Waals surface area contributed by atoms with Crippen molar-refractivity contribution in [3.05, 3.63) is 78.5 Å². The summed E-state index contributed by atoms with van der Waals surface area (Å²) in [7, 11) is 3.98. The molecule has 35 heavy (non-hydrogen) atoms. The Morgan fingerprint density at radius 2 is 1.91 bits per heavy atom. The van der Waals surface area contributed by atoms with Crippen molar-refractivity contribution in [1.29, 1.82) is 0 Å². The van der Waals surface area contributed by atoms with Gasteiger partial charge in [-0.3, -0.25) is 14.4 Å². The lowest BCUT2D eigenvalue weighted by atomic mass is 10.1. The Hall–Kier alpha value is -3.46. The highest BCUT2D eigenvalue weighted by Gasteiger charge is 2.27. The topological polar surface area (TPSA) is 96.8 Å². The second kappa shape index (κ2) is 11.3. The molecule has 0 bridgehead atoms. The number of primary amides is 1. The molecule has 0 aliphatic carbocycles. The van der Waals surface area contributed by atoms with Gasteiger partial charge in [0.05, 0.1) is 11.6 Å². The fourth-order valence-electron chi connectivity index (χ4n) is 4.23. The molecule has 184 valence electrons. The van der Waals surface area contributed by atoms with Crippen LogP contribution in [0.25, 0.3) is 11.3 Å². The van der Waals surface area contributed by atoms with Crippen LogP contribution < -0.4 is 10.5 Å². The summed E-state index contributed by atoms with van der Waals surface area (Å²) in [5.41, 5.74) is 7.42. The minimum absolute atomic E-state index is 0.0354. The van der Waals surface area contributed by atoms with E-state index < -0.39 is 12.1 Å². The Morgan fingerprint density at radius 1 is 1.20 bits per heavy atom. The molecule has 2 atom stereocenters. The number of benzene rings is 2. The summed E-state index contributed by atoms with van der Waals surface area (Å²) in [4.78, 5) is 16.3. The van der Waals surface area contributed by atoms with Crippen LogP contribution in [-0.2, 0) is 0 Å². The van der Waals surface area contributed by atoms with Crippen LogP contribution in [0.1, 0.15) is 29.2 Å². The number of likely N-dealkylation sites (N-methyl/N-ethyl adjacent to an activating group) is 1. The highest BCUT2D eigenvalue weighted by atomic mass is 16.5. The van der Waals surface area contributed by atoms with Gasteiger partial charge in [0, 0.05) is 31.4 Å². The summed E-state index contributed by atoms with van der Waals surface area (Å²) in [6, 6.07) is 17.1. The van der Waals surface area contributed by atoms with Crippen LogP contribution in [0, 0.1) is 0 Å². The van der Waals surface area contributed by atoms with Gasteiger partial charge in [0.1, 0.15) is 23.4 Å². The summed E-state index contributed by atoms with van der Waals surface area (Å²) in [6.07, 6.45) is 6.71. The number of nitrogens with two attached hydrogens (primary N) is 1. The van der Waals surface area contributed by atoms with E-state index in [-0.39, 0.29) is 6.04 Å². The number of ether oxygens (including phenoxy) is 1. The molecule has 1 fully saturated rings. The van der Waals surface area contributed by atoms with Gasteiger partial charge in [0.2, 0.25) is 0 Å². The van der Waals surface area contributed by atoms with E-state index in [0.717, 1.165) is 37.2 Å². The Balaban J connectivity index is 1.50. The maximum Gasteiger partial charge on any atom is 0.252 e. The highest BCUT2D eigenvalue weighted by molar-refractivity contribution is 5.98. The van der Waals surface area contributed by atoms with Crippen molar-refractivity contribution in [3.8, 4) is 22.8 Å². The largest absolute Gasteiger partial charge is 0.457 e. The summed E-state index contributed by atoms with van der Waals surface area (Å²) >= 11 is 0. The van der Waals surface area contributed by atoms with Crippen molar-refractivity contribution in [2.75, 3.05) is 33.7 Å². The third kappa shape index (κ3) is 6.36. The lowest BCUT2D eigenvalue weighted by Crippen LogP contribution is -2.42. The average Bonchev–Trinajstić information content (AvgIpc) is 3.31. The Kier molecular flexibility index (Phi) is 7.97. The second-order valence-electron chi connectivity index (χ2n) is 9.07. The number of nitrogens with zero attached hydrogens (tertiary/aromatic N) is 4. The zero-order chi connectivity index (χ0) is 24.8. The monoisotopic (exact) mass is 475 g/mol. The molecule has 8 heteroatoms. The number of carbonyl (C=O) groups excluding carboxylic acids is 1. The third-order valence-electron chi connectivity index (χ3n) is 6.06. The van der Waals surface area contributed by atoms with Gasteiger partial charge in [0.25, 0.3) is 5.91 Å². The number of aliphatic hydroxyl groups is 1. The quantitative estimate of drug-likeness (QED) is 0.460. The van der Waals surface area contributed by atoms with Crippen molar-refractivity contribution in [2.24, 2.45) is 5.73 Å². The predicted molar refractivity (Wildman–Crippen MR) is 136 cm³/mol. The Bertz CT molecular complexity index is 1140. The first-order chi connectivity index (χ1) is 16.9. The van der Waals surface area contributed by atoms with Crippen LogP contribution in [0.2, 0.25) is 0 Å². The van der Waals surface area contributed by atoms with Crippen LogP contribution in [0.4, 0.5) is 0 Å². The summed E-state index contributed by atoms with van der Waals surface area (Å²) < 4.78 is 7.69. The van der Waals surface area contributed by atoms with Gasteiger partial charge in [-0.15, -0.1) is 0 Å². The number of aromatic nitrogens is 2. The molecule has 2 heterocycles. The van der Waals surface area contributed by atoms with Crippen molar-refractivity contribution >= 4 is 5.91 Å². The van der Waals surface area contributed by atoms with E-state index in [0.29, 0.717) is 23.6 Å². The standard InChI is InChI=1S/C27H33N5O3/c1-30(2)16-7-11-25(33)31-17-6-8-21(18-31)32-19-24(27(28)34)26(29-32)20-12-14-23(15-13-20)35-22-9-4-3-5-10-22/h3-5,7,9-15,19,21,25,33H,6,8,16-18H2,1-2H3,(H2,28,34)/b11-7+/t21-,25?/m1/s1. The van der Waals surface area contributed by atoms with E-state index in [1.165, 1.54) is 0 Å². The van der Waals surface area contributed by atoms with E-state index in [2.05, 4.69) is 0 Å². The molecule has 1 amide bonds. The smallest absolute Gasteiger partial charge is 0.252 e. The number of rotatable bonds is 9. The summed E-state index contributed by atoms with van der Waals surface area (Å²) in [5.74, 6) is 0.928. The van der Waals surface area contributed by atoms with Crippen LogP contribution >= 0.6 is 0 Å². The van der Waals surface area contributed by atoms with Crippen molar-refractivity contribution in [2.45, 2.75) is 25.1 Å². The van der Waals surface area contributed by atoms with Crippen molar-refractivity contribution in [3.63, 3.8) is 0 Å². The molecule has 3 N–H and O–H groups in total. The highest BCUT2D eigenvalue weighted by Crippen LogP contribution is 2.30. The average molecular weight is 476 g/mol. The van der Waals surface area contributed by atoms with Gasteiger partial charge in [-0.05, 0) is 69.4 Å². The van der Waals surface area contributed by atoms with Crippen molar-refractivity contribution < 1.29 is 14.6 Å². The van der Waals surface area contributed by atoms with Gasteiger partial charge in [-0.1, -0.05) is 24.3 Å². The molecule has 1 unspecified atom stereocenters. The number of hydrogen-bond donors (Lipinski definition) is 2. The predicted octanol–water partition coefficient (Wildman–Crippen LogP) is 3.51. The number of hydrogen-bond acceptors (Lipinski definition) is 6. The van der Waals surface area contributed by atoms with E-state index in [1.807, 2.05) is 95.3 Å². The number of para-hydroxylation sites is 1. The minimum Gasteiger partial charge on any atom is -0.457 e. The first-order valence-electron chi connectivity index (χ1n) is 11.9. The van der Waals surface area contributed by atoms with Crippen LogP contribution in [0.5, 0.6) is 11.5 Å². The minimum atomic E-state index is -0.652. The molecule has 2 aromatic carbocycles. The fourth-order valence-corrected chi connectivity index (χ4v) is 4.23. The molecule has 1 aliphatic rings. The molecule has 1 aliphatic heterocycles.